The second kappa shape index (κ2) is 8.48. The lowest BCUT2D eigenvalue weighted by Crippen LogP contribution is -2.49. The fourth-order valence-electron chi connectivity index (χ4n) is 2.33. The molecule has 0 aromatic heterocycles. The van der Waals surface area contributed by atoms with E-state index in [0.29, 0.717) is 0 Å². The maximum absolute atomic E-state index is 12.2. The highest BCUT2D eigenvalue weighted by atomic mass is 32.2. The standard InChI is InChI=1S/C17H18N2O5S/c1-11-16(22)19(7-8-25-11)10-14(20)18-13(15(21)17(23)24)9-12-5-3-2-4-6-12/h2-8,11,13H,9-10H2,1H3,(H,18,20)(H,23,24)/t11?,13-/m0/s1. The van der Waals surface area contributed by atoms with Crippen LogP contribution in [0.3, 0.4) is 0 Å². The van der Waals surface area contributed by atoms with Crippen molar-refractivity contribution in [2.75, 3.05) is 6.54 Å². The van der Waals surface area contributed by atoms with E-state index >= 15 is 0 Å². The maximum Gasteiger partial charge on any atom is 0.374 e. The van der Waals surface area contributed by atoms with Crippen molar-refractivity contribution in [2.45, 2.75) is 24.6 Å². The van der Waals surface area contributed by atoms with Crippen molar-refractivity contribution >= 4 is 35.3 Å². The molecule has 2 amide bonds. The number of Topliss-reactive ketones (excluding diaryl/α,β-unsaturated/α-hetero) is 1. The number of carboxylic acids is 1. The summed E-state index contributed by atoms with van der Waals surface area (Å²) in [6, 6.07) is 7.60. The Morgan fingerprint density at radius 3 is 2.60 bits per heavy atom. The van der Waals surface area contributed by atoms with Gasteiger partial charge < -0.3 is 15.3 Å². The Morgan fingerprint density at radius 1 is 1.28 bits per heavy atom. The average Bonchev–Trinajstić information content (AvgIpc) is 2.58. The Bertz CT molecular complexity index is 704. The number of ketones is 1. The molecular weight excluding hydrogens is 344 g/mol. The molecular formula is C17H18N2O5S. The number of carbonyl (C=O) groups is 4. The lowest BCUT2D eigenvalue weighted by Gasteiger charge is -2.25. The summed E-state index contributed by atoms with van der Waals surface area (Å²) in [4.78, 5) is 48.3. The van der Waals surface area contributed by atoms with E-state index in [1.54, 1.807) is 42.7 Å². The van der Waals surface area contributed by atoms with Gasteiger partial charge in [-0.15, -0.1) is 11.8 Å². The fourth-order valence-corrected chi connectivity index (χ4v) is 3.03. The van der Waals surface area contributed by atoms with Gasteiger partial charge in [0.1, 0.15) is 12.6 Å². The molecule has 0 aliphatic carbocycles. The van der Waals surface area contributed by atoms with Crippen molar-refractivity contribution in [3.8, 4) is 0 Å². The Morgan fingerprint density at radius 2 is 1.96 bits per heavy atom. The normalized spacial score (nSPS) is 17.9. The third kappa shape index (κ3) is 5.18. The summed E-state index contributed by atoms with van der Waals surface area (Å²) in [5.74, 6) is -3.51. The number of hydrogen-bond acceptors (Lipinski definition) is 5. The lowest BCUT2D eigenvalue weighted by molar-refractivity contribution is -0.150. The first-order valence-electron chi connectivity index (χ1n) is 7.61. The average molecular weight is 362 g/mol. The minimum absolute atomic E-state index is 0.0632. The van der Waals surface area contributed by atoms with Crippen LogP contribution in [0.1, 0.15) is 12.5 Å². The van der Waals surface area contributed by atoms with Gasteiger partial charge in [0.25, 0.3) is 5.78 Å². The van der Waals surface area contributed by atoms with Gasteiger partial charge in [-0.05, 0) is 17.9 Å². The van der Waals surface area contributed by atoms with Crippen molar-refractivity contribution < 1.29 is 24.3 Å². The van der Waals surface area contributed by atoms with Gasteiger partial charge >= 0.3 is 5.97 Å². The Balaban J connectivity index is 2.05. The molecule has 1 aromatic rings. The van der Waals surface area contributed by atoms with Crippen LogP contribution in [0.2, 0.25) is 0 Å². The number of rotatable bonds is 7. The van der Waals surface area contributed by atoms with E-state index in [4.69, 9.17) is 5.11 Å². The van der Waals surface area contributed by atoms with Crippen LogP contribution in [0.5, 0.6) is 0 Å². The van der Waals surface area contributed by atoms with Crippen molar-refractivity contribution in [3.05, 3.63) is 47.5 Å². The zero-order valence-corrected chi connectivity index (χ0v) is 14.4. The lowest BCUT2D eigenvalue weighted by atomic mass is 10.0. The van der Waals surface area contributed by atoms with Crippen LogP contribution in [-0.4, -0.2) is 51.4 Å². The number of hydrogen-bond donors (Lipinski definition) is 2. The maximum atomic E-state index is 12.2. The first-order chi connectivity index (χ1) is 11.9. The van der Waals surface area contributed by atoms with Crippen molar-refractivity contribution in [1.29, 1.82) is 0 Å². The minimum Gasteiger partial charge on any atom is -0.475 e. The number of aliphatic carboxylic acids is 1. The summed E-state index contributed by atoms with van der Waals surface area (Å²) < 4.78 is 0. The van der Waals surface area contributed by atoms with Gasteiger partial charge in [0, 0.05) is 12.6 Å². The van der Waals surface area contributed by atoms with Crippen molar-refractivity contribution in [2.24, 2.45) is 0 Å². The molecule has 0 spiro atoms. The molecule has 1 aliphatic rings. The highest BCUT2D eigenvalue weighted by molar-refractivity contribution is 8.03. The van der Waals surface area contributed by atoms with Crippen LogP contribution >= 0.6 is 11.8 Å². The molecule has 1 heterocycles. The second-order valence-electron chi connectivity index (χ2n) is 5.51. The van der Waals surface area contributed by atoms with Gasteiger partial charge in [0.05, 0.1) is 5.25 Å². The Kier molecular flexibility index (Phi) is 6.35. The zero-order chi connectivity index (χ0) is 18.4. The predicted molar refractivity (Wildman–Crippen MR) is 92.6 cm³/mol. The van der Waals surface area contributed by atoms with Crippen LogP contribution in [0.15, 0.2) is 41.9 Å². The monoisotopic (exact) mass is 362 g/mol. The molecule has 0 saturated heterocycles. The highest BCUT2D eigenvalue weighted by Crippen LogP contribution is 2.20. The molecule has 132 valence electrons. The molecule has 2 N–H and O–H groups in total. The second-order valence-corrected chi connectivity index (χ2v) is 6.76. The molecule has 2 atom stereocenters. The van der Waals surface area contributed by atoms with E-state index in [2.05, 4.69) is 5.32 Å². The van der Waals surface area contributed by atoms with Gasteiger partial charge in [0.2, 0.25) is 11.8 Å². The molecule has 2 rings (SSSR count). The van der Waals surface area contributed by atoms with Gasteiger partial charge in [-0.1, -0.05) is 30.3 Å². The fraction of sp³-hybridized carbons (Fsp3) is 0.294. The molecule has 8 heteroatoms. The molecule has 1 aromatic carbocycles. The third-order valence-corrected chi connectivity index (χ3v) is 4.50. The first-order valence-corrected chi connectivity index (χ1v) is 8.56. The van der Waals surface area contributed by atoms with E-state index in [1.807, 2.05) is 0 Å². The molecule has 7 nitrogen and oxygen atoms in total. The van der Waals surface area contributed by atoms with Crippen molar-refractivity contribution in [3.63, 3.8) is 0 Å². The van der Waals surface area contributed by atoms with E-state index in [1.165, 1.54) is 22.9 Å². The number of nitrogens with zero attached hydrogens (tertiary/aromatic N) is 1. The summed E-state index contributed by atoms with van der Waals surface area (Å²) in [6.07, 6.45) is 1.56. The largest absolute Gasteiger partial charge is 0.475 e. The van der Waals surface area contributed by atoms with Crippen LogP contribution in [-0.2, 0) is 25.6 Å². The molecule has 1 unspecified atom stereocenters. The summed E-state index contributed by atoms with van der Waals surface area (Å²) in [6.45, 7) is 1.46. The molecule has 0 radical (unpaired) electrons. The summed E-state index contributed by atoms with van der Waals surface area (Å²) in [5.41, 5.74) is 0.723. The van der Waals surface area contributed by atoms with Crippen LogP contribution in [0.25, 0.3) is 0 Å². The van der Waals surface area contributed by atoms with E-state index in [9.17, 15) is 19.2 Å². The van der Waals surface area contributed by atoms with E-state index < -0.39 is 23.7 Å². The number of carbonyl (C=O) groups excluding carboxylic acids is 3. The zero-order valence-electron chi connectivity index (χ0n) is 13.5. The van der Waals surface area contributed by atoms with Crippen LogP contribution in [0, 0.1) is 0 Å². The molecule has 25 heavy (non-hydrogen) atoms. The molecule has 0 bridgehead atoms. The SMILES string of the molecule is CC1SC=CN(CC(=O)N[C@@H](Cc2ccccc2)C(=O)C(=O)O)C1=O. The topological polar surface area (TPSA) is 104 Å². The van der Waals surface area contributed by atoms with E-state index in [0.717, 1.165) is 5.56 Å². The number of amides is 2. The quantitative estimate of drug-likeness (QED) is 0.696. The number of nitrogens with one attached hydrogen (secondary N) is 1. The van der Waals surface area contributed by atoms with Crippen molar-refractivity contribution in [1.82, 2.24) is 10.2 Å². The smallest absolute Gasteiger partial charge is 0.374 e. The third-order valence-electron chi connectivity index (χ3n) is 3.61. The number of benzene rings is 1. The van der Waals surface area contributed by atoms with Crippen LogP contribution < -0.4 is 5.32 Å². The highest BCUT2D eigenvalue weighted by Gasteiger charge is 2.29. The van der Waals surface area contributed by atoms with Gasteiger partial charge in [-0.25, -0.2) is 4.79 Å². The molecule has 0 fully saturated rings. The summed E-state index contributed by atoms with van der Waals surface area (Å²) >= 11 is 1.35. The van der Waals surface area contributed by atoms with E-state index in [-0.39, 0.29) is 24.1 Å². The first kappa shape index (κ1) is 18.7. The predicted octanol–water partition coefficient (Wildman–Crippen LogP) is 0.803. The summed E-state index contributed by atoms with van der Waals surface area (Å²) in [5, 5.41) is 12.8. The van der Waals surface area contributed by atoms with Crippen LogP contribution in [0.4, 0.5) is 0 Å². The summed E-state index contributed by atoms with van der Waals surface area (Å²) in [7, 11) is 0. The number of thioether (sulfide) groups is 1. The minimum atomic E-state index is -1.61. The molecule has 1 aliphatic heterocycles. The Hall–Kier alpha value is -2.61. The van der Waals surface area contributed by atoms with Gasteiger partial charge in [0.15, 0.2) is 0 Å². The Labute approximate surface area is 149 Å². The number of carboxylic acid groups (broad SMARTS) is 1. The van der Waals surface area contributed by atoms with Gasteiger partial charge in [-0.2, -0.15) is 0 Å². The van der Waals surface area contributed by atoms with Gasteiger partial charge in [-0.3, -0.25) is 14.4 Å². The molecule has 0 saturated carbocycles.